The summed E-state index contributed by atoms with van der Waals surface area (Å²) >= 11 is 0. The molecule has 0 N–H and O–H groups in total. The van der Waals surface area contributed by atoms with Gasteiger partial charge in [0.05, 0.1) is 11.2 Å². The minimum atomic E-state index is -1.83. The average molecular weight is 342 g/mol. The molecule has 0 spiro atoms. The number of hydrogen-bond donors (Lipinski definition) is 0. The van der Waals surface area contributed by atoms with Crippen LogP contribution in [0.2, 0.25) is 13.1 Å². The first-order chi connectivity index (χ1) is 11.2. The van der Waals surface area contributed by atoms with E-state index in [0.29, 0.717) is 0 Å². The normalized spacial score (nSPS) is 22.9. The standard InChI is InChI=1S/C20H31BO2Si/c1-19(2)20(3,4)23-21(22-19)18(16-12-10-11-13-16)24(5,6)17-14-8-7-9-15-17/h7-9,14-15H,10-13H2,1-6H3. The molecule has 130 valence electrons. The molecular weight excluding hydrogens is 311 g/mol. The van der Waals surface area contributed by atoms with Gasteiger partial charge in [-0.3, -0.25) is 0 Å². The van der Waals surface area contributed by atoms with E-state index >= 15 is 0 Å². The topological polar surface area (TPSA) is 18.5 Å². The van der Waals surface area contributed by atoms with Crippen molar-refractivity contribution in [3.8, 4) is 0 Å². The molecule has 4 heteroatoms. The van der Waals surface area contributed by atoms with E-state index in [9.17, 15) is 0 Å². The quantitative estimate of drug-likeness (QED) is 0.745. The SMILES string of the molecule is CC1(C)OB(C(=C2CCCC2)[Si](C)(C)c2ccccc2)OC1(C)C. The molecule has 1 saturated heterocycles. The fraction of sp³-hybridized carbons (Fsp3) is 0.600. The lowest BCUT2D eigenvalue weighted by atomic mass is 9.85. The lowest BCUT2D eigenvalue weighted by Gasteiger charge is -2.32. The van der Waals surface area contributed by atoms with E-state index in [4.69, 9.17) is 9.31 Å². The predicted molar refractivity (Wildman–Crippen MR) is 105 cm³/mol. The Morgan fingerprint density at radius 2 is 1.42 bits per heavy atom. The molecule has 0 atom stereocenters. The largest absolute Gasteiger partial charge is 0.486 e. The molecule has 0 aromatic heterocycles. The van der Waals surface area contributed by atoms with E-state index in [2.05, 4.69) is 71.1 Å². The fourth-order valence-electron chi connectivity index (χ4n) is 3.95. The van der Waals surface area contributed by atoms with Crippen molar-refractivity contribution in [1.82, 2.24) is 0 Å². The van der Waals surface area contributed by atoms with Crippen molar-refractivity contribution in [1.29, 1.82) is 0 Å². The summed E-state index contributed by atoms with van der Waals surface area (Å²) in [6.07, 6.45) is 5.03. The van der Waals surface area contributed by atoms with E-state index in [1.54, 1.807) is 5.57 Å². The van der Waals surface area contributed by atoms with Gasteiger partial charge in [0.1, 0.15) is 8.07 Å². The predicted octanol–water partition coefficient (Wildman–Crippen LogP) is 4.64. The molecule has 0 radical (unpaired) electrons. The van der Waals surface area contributed by atoms with E-state index in [1.165, 1.54) is 36.0 Å². The molecule has 0 amide bonds. The highest BCUT2D eigenvalue weighted by Crippen LogP contribution is 2.42. The summed E-state index contributed by atoms with van der Waals surface area (Å²) < 4.78 is 13.0. The van der Waals surface area contributed by atoms with Crippen LogP contribution in [-0.4, -0.2) is 26.4 Å². The van der Waals surface area contributed by atoms with Crippen LogP contribution in [0.1, 0.15) is 53.4 Å². The third-order valence-electron chi connectivity index (χ3n) is 6.25. The van der Waals surface area contributed by atoms with Gasteiger partial charge in [-0.05, 0) is 58.5 Å². The van der Waals surface area contributed by atoms with Crippen molar-refractivity contribution in [2.45, 2.75) is 77.7 Å². The van der Waals surface area contributed by atoms with Gasteiger partial charge in [-0.15, -0.1) is 0 Å². The summed E-state index contributed by atoms with van der Waals surface area (Å²) in [5.74, 6) is 0. The van der Waals surface area contributed by atoms with Crippen LogP contribution < -0.4 is 5.19 Å². The molecule has 0 bridgehead atoms. The van der Waals surface area contributed by atoms with Gasteiger partial charge in [0.2, 0.25) is 0 Å². The van der Waals surface area contributed by atoms with Crippen LogP contribution in [0.4, 0.5) is 0 Å². The molecule has 3 rings (SSSR count). The monoisotopic (exact) mass is 342 g/mol. The lowest BCUT2D eigenvalue weighted by Crippen LogP contribution is -2.50. The second-order valence-electron chi connectivity index (χ2n) is 8.80. The van der Waals surface area contributed by atoms with Crippen molar-refractivity contribution < 1.29 is 9.31 Å². The van der Waals surface area contributed by atoms with Gasteiger partial charge in [0.25, 0.3) is 0 Å². The molecule has 1 saturated carbocycles. The highest BCUT2D eigenvalue weighted by Gasteiger charge is 2.55. The summed E-state index contributed by atoms with van der Waals surface area (Å²) in [7, 11) is -2.02. The molecule has 1 aromatic carbocycles. The van der Waals surface area contributed by atoms with Crippen molar-refractivity contribution in [2.75, 3.05) is 0 Å². The summed E-state index contributed by atoms with van der Waals surface area (Å²) in [5, 5.41) is 2.96. The van der Waals surface area contributed by atoms with Crippen molar-refractivity contribution >= 4 is 20.4 Å². The molecule has 1 aliphatic heterocycles. The van der Waals surface area contributed by atoms with E-state index in [0.717, 1.165) is 0 Å². The first kappa shape index (κ1) is 18.0. The van der Waals surface area contributed by atoms with Gasteiger partial charge in [0, 0.05) is 0 Å². The van der Waals surface area contributed by atoms with Crippen LogP contribution >= 0.6 is 0 Å². The van der Waals surface area contributed by atoms with Gasteiger partial charge < -0.3 is 9.31 Å². The Bertz CT molecular complexity index is 610. The maximum absolute atomic E-state index is 6.50. The lowest BCUT2D eigenvalue weighted by molar-refractivity contribution is 0.00578. The Hall–Kier alpha value is -0.838. The Morgan fingerprint density at radius 1 is 0.917 bits per heavy atom. The van der Waals surface area contributed by atoms with Crippen LogP contribution in [0.25, 0.3) is 0 Å². The van der Waals surface area contributed by atoms with Crippen LogP contribution in [0.15, 0.2) is 41.0 Å². The number of rotatable bonds is 3. The van der Waals surface area contributed by atoms with Gasteiger partial charge in [0.15, 0.2) is 0 Å². The molecule has 0 unspecified atom stereocenters. The maximum atomic E-state index is 6.50. The van der Waals surface area contributed by atoms with E-state index < -0.39 is 8.07 Å². The molecule has 2 nitrogen and oxygen atoms in total. The van der Waals surface area contributed by atoms with Gasteiger partial charge in [-0.25, -0.2) is 0 Å². The minimum absolute atomic E-state index is 0.190. The Balaban J connectivity index is 2.06. The van der Waals surface area contributed by atoms with Crippen LogP contribution in [0.3, 0.4) is 0 Å². The Morgan fingerprint density at radius 3 is 1.92 bits per heavy atom. The van der Waals surface area contributed by atoms with Crippen LogP contribution in [0.5, 0.6) is 0 Å². The van der Waals surface area contributed by atoms with Gasteiger partial charge in [-0.1, -0.05) is 54.2 Å². The fourth-order valence-corrected chi connectivity index (χ4v) is 7.12. The zero-order valence-electron chi connectivity index (χ0n) is 16.1. The number of hydrogen-bond acceptors (Lipinski definition) is 2. The summed E-state index contributed by atoms with van der Waals surface area (Å²) in [6.45, 7) is 13.5. The molecule has 1 aromatic rings. The van der Waals surface area contributed by atoms with Crippen LogP contribution in [-0.2, 0) is 9.31 Å². The molecular formula is C20H31BO2Si. The second-order valence-corrected chi connectivity index (χ2v) is 13.2. The Labute approximate surface area is 148 Å². The third-order valence-corrected chi connectivity index (χ3v) is 9.96. The maximum Gasteiger partial charge on any atom is 0.486 e. The average Bonchev–Trinajstić information content (AvgIpc) is 3.07. The molecule has 1 heterocycles. The summed E-state index contributed by atoms with van der Waals surface area (Å²) in [4.78, 5) is 0. The van der Waals surface area contributed by atoms with Crippen molar-refractivity contribution in [2.24, 2.45) is 0 Å². The molecule has 1 aliphatic carbocycles. The van der Waals surface area contributed by atoms with Crippen molar-refractivity contribution in [3.63, 3.8) is 0 Å². The van der Waals surface area contributed by atoms with Gasteiger partial charge in [-0.2, -0.15) is 0 Å². The highest BCUT2D eigenvalue weighted by molar-refractivity contribution is 7.04. The van der Waals surface area contributed by atoms with E-state index in [-0.39, 0.29) is 18.3 Å². The Kier molecular flexibility index (Phi) is 4.61. The number of allylic oxidation sites excluding steroid dienone is 1. The molecule has 2 aliphatic rings. The molecule has 2 fully saturated rings. The zero-order valence-corrected chi connectivity index (χ0v) is 17.1. The number of benzene rings is 1. The smallest absolute Gasteiger partial charge is 0.400 e. The van der Waals surface area contributed by atoms with Crippen LogP contribution in [0, 0.1) is 0 Å². The summed E-state index contributed by atoms with van der Waals surface area (Å²) in [6, 6.07) is 11.0. The first-order valence-corrected chi connectivity index (χ1v) is 12.3. The van der Waals surface area contributed by atoms with E-state index in [1.807, 2.05) is 0 Å². The highest BCUT2D eigenvalue weighted by atomic mass is 28.3. The first-order valence-electron chi connectivity index (χ1n) is 9.29. The van der Waals surface area contributed by atoms with Gasteiger partial charge >= 0.3 is 7.12 Å². The van der Waals surface area contributed by atoms with Crippen molar-refractivity contribution in [3.05, 3.63) is 41.0 Å². The summed E-state index contributed by atoms with van der Waals surface area (Å²) in [5.41, 5.74) is 1.06. The molecule has 24 heavy (non-hydrogen) atoms. The zero-order chi connectivity index (χ0) is 17.6. The second kappa shape index (κ2) is 6.15. The minimum Gasteiger partial charge on any atom is -0.400 e. The third kappa shape index (κ3) is 3.04.